The molecule has 19 heavy (non-hydrogen) atoms. The molecule has 0 rings (SSSR count). The molecule has 0 aromatic rings. The van der Waals surface area contributed by atoms with Crippen molar-refractivity contribution in [1.29, 1.82) is 0 Å². The minimum absolute atomic E-state index is 0.0106. The lowest BCUT2D eigenvalue weighted by atomic mass is 9.94. The van der Waals surface area contributed by atoms with Gasteiger partial charge in [-0.15, -0.1) is 0 Å². The largest absolute Gasteiger partial charge is 0.389 e. The average Bonchev–Trinajstić information content (AvgIpc) is 2.30. The molecule has 0 heterocycles. The highest BCUT2D eigenvalue weighted by Crippen LogP contribution is 2.15. The Bertz CT molecular complexity index is 253. The summed E-state index contributed by atoms with van der Waals surface area (Å²) in [7, 11) is 0. The van der Waals surface area contributed by atoms with Gasteiger partial charge in [0.25, 0.3) is 0 Å². The van der Waals surface area contributed by atoms with Crippen molar-refractivity contribution in [2.45, 2.75) is 71.9 Å². The van der Waals surface area contributed by atoms with Crippen molar-refractivity contribution in [3.63, 3.8) is 0 Å². The SMILES string of the molecule is CCCCCNC(=O)C(C)NCC(C)(O)CC(C)C. The fourth-order valence-corrected chi connectivity index (χ4v) is 2.16. The van der Waals surface area contributed by atoms with Crippen LogP contribution in [0.25, 0.3) is 0 Å². The van der Waals surface area contributed by atoms with E-state index in [1.807, 2.05) is 13.8 Å². The molecule has 0 aliphatic heterocycles. The normalized spacial score (nSPS) is 16.2. The summed E-state index contributed by atoms with van der Waals surface area (Å²) in [6, 6.07) is -0.264. The van der Waals surface area contributed by atoms with Crippen molar-refractivity contribution < 1.29 is 9.90 Å². The van der Waals surface area contributed by atoms with Gasteiger partial charge >= 0.3 is 0 Å². The molecule has 0 aliphatic rings. The third kappa shape index (κ3) is 9.91. The molecule has 0 saturated carbocycles. The Morgan fingerprint density at radius 2 is 1.89 bits per heavy atom. The predicted molar refractivity (Wildman–Crippen MR) is 80.1 cm³/mol. The van der Waals surface area contributed by atoms with Gasteiger partial charge in [0, 0.05) is 13.1 Å². The van der Waals surface area contributed by atoms with Crippen LogP contribution < -0.4 is 10.6 Å². The Balaban J connectivity index is 3.89. The van der Waals surface area contributed by atoms with Crippen molar-refractivity contribution in [1.82, 2.24) is 10.6 Å². The maximum Gasteiger partial charge on any atom is 0.236 e. The van der Waals surface area contributed by atoms with E-state index in [4.69, 9.17) is 0 Å². The van der Waals surface area contributed by atoms with Gasteiger partial charge in [0.15, 0.2) is 0 Å². The Hall–Kier alpha value is -0.610. The van der Waals surface area contributed by atoms with Crippen LogP contribution in [-0.2, 0) is 4.79 Å². The minimum Gasteiger partial charge on any atom is -0.389 e. The second kappa shape index (κ2) is 9.32. The molecule has 0 fully saturated rings. The topological polar surface area (TPSA) is 61.4 Å². The van der Waals surface area contributed by atoms with E-state index in [9.17, 15) is 9.90 Å². The van der Waals surface area contributed by atoms with Gasteiger partial charge in [-0.1, -0.05) is 33.6 Å². The monoisotopic (exact) mass is 272 g/mol. The van der Waals surface area contributed by atoms with Crippen molar-refractivity contribution >= 4 is 5.91 Å². The summed E-state index contributed by atoms with van der Waals surface area (Å²) in [6.45, 7) is 11.1. The van der Waals surface area contributed by atoms with Gasteiger partial charge < -0.3 is 15.7 Å². The first kappa shape index (κ1) is 18.4. The molecular formula is C15H32N2O2. The number of aliphatic hydroxyl groups is 1. The Kier molecular flexibility index (Phi) is 9.02. The highest BCUT2D eigenvalue weighted by Gasteiger charge is 2.23. The van der Waals surface area contributed by atoms with E-state index in [0.717, 1.165) is 32.2 Å². The van der Waals surface area contributed by atoms with Crippen LogP contribution in [-0.4, -0.2) is 35.7 Å². The molecule has 1 amide bonds. The van der Waals surface area contributed by atoms with E-state index in [1.165, 1.54) is 0 Å². The van der Waals surface area contributed by atoms with Gasteiger partial charge in [0.1, 0.15) is 0 Å². The lowest BCUT2D eigenvalue weighted by Gasteiger charge is -2.27. The van der Waals surface area contributed by atoms with Crippen molar-refractivity contribution in [3.8, 4) is 0 Å². The molecule has 0 spiro atoms. The number of nitrogens with one attached hydrogen (secondary N) is 2. The lowest BCUT2D eigenvalue weighted by molar-refractivity contribution is -0.123. The summed E-state index contributed by atoms with van der Waals surface area (Å²) in [5, 5.41) is 16.2. The van der Waals surface area contributed by atoms with Gasteiger partial charge in [-0.3, -0.25) is 4.79 Å². The summed E-state index contributed by atoms with van der Waals surface area (Å²) in [5.41, 5.74) is -0.759. The summed E-state index contributed by atoms with van der Waals surface area (Å²) >= 11 is 0. The molecule has 0 radical (unpaired) electrons. The number of amides is 1. The molecule has 4 heteroatoms. The molecule has 4 nitrogen and oxygen atoms in total. The quantitative estimate of drug-likeness (QED) is 0.534. The first-order chi connectivity index (χ1) is 8.78. The van der Waals surface area contributed by atoms with E-state index in [1.54, 1.807) is 0 Å². The zero-order valence-corrected chi connectivity index (χ0v) is 13.3. The van der Waals surface area contributed by atoms with Crippen molar-refractivity contribution in [2.24, 2.45) is 5.92 Å². The van der Waals surface area contributed by atoms with Crippen LogP contribution in [0.15, 0.2) is 0 Å². The Morgan fingerprint density at radius 3 is 2.42 bits per heavy atom. The minimum atomic E-state index is -0.759. The molecular weight excluding hydrogens is 240 g/mol. The number of carbonyl (C=O) groups is 1. The van der Waals surface area contributed by atoms with Crippen molar-refractivity contribution in [3.05, 3.63) is 0 Å². The number of carbonyl (C=O) groups excluding carboxylic acids is 1. The van der Waals surface area contributed by atoms with Gasteiger partial charge in [-0.2, -0.15) is 0 Å². The van der Waals surface area contributed by atoms with Crippen LogP contribution >= 0.6 is 0 Å². The highest BCUT2D eigenvalue weighted by molar-refractivity contribution is 5.81. The maximum absolute atomic E-state index is 11.8. The third-order valence-electron chi connectivity index (χ3n) is 3.11. The van der Waals surface area contributed by atoms with Crippen molar-refractivity contribution in [2.75, 3.05) is 13.1 Å². The number of rotatable bonds is 10. The molecule has 2 atom stereocenters. The fraction of sp³-hybridized carbons (Fsp3) is 0.933. The summed E-state index contributed by atoms with van der Waals surface area (Å²) in [5.74, 6) is 0.450. The standard InChI is InChI=1S/C15H32N2O2/c1-6-7-8-9-16-14(18)13(4)17-11-15(5,19)10-12(2)3/h12-13,17,19H,6-11H2,1-5H3,(H,16,18). The highest BCUT2D eigenvalue weighted by atomic mass is 16.3. The van der Waals surface area contributed by atoms with Crippen LogP contribution in [0, 0.1) is 5.92 Å². The summed E-state index contributed by atoms with van der Waals surface area (Å²) < 4.78 is 0. The van der Waals surface area contributed by atoms with E-state index >= 15 is 0 Å². The molecule has 0 saturated heterocycles. The smallest absolute Gasteiger partial charge is 0.236 e. The second-order valence-electron chi connectivity index (χ2n) is 6.20. The average molecular weight is 272 g/mol. The van der Waals surface area contributed by atoms with E-state index in [0.29, 0.717) is 12.5 Å². The zero-order chi connectivity index (χ0) is 14.9. The molecule has 0 aromatic carbocycles. The first-order valence-electron chi connectivity index (χ1n) is 7.52. The van der Waals surface area contributed by atoms with Crippen LogP contribution in [0.4, 0.5) is 0 Å². The number of hydrogen-bond acceptors (Lipinski definition) is 3. The third-order valence-corrected chi connectivity index (χ3v) is 3.11. The molecule has 114 valence electrons. The maximum atomic E-state index is 11.8. The van der Waals surface area contributed by atoms with E-state index in [-0.39, 0.29) is 11.9 Å². The van der Waals surface area contributed by atoms with Gasteiger partial charge in [-0.25, -0.2) is 0 Å². The van der Waals surface area contributed by atoms with E-state index in [2.05, 4.69) is 31.4 Å². The lowest BCUT2D eigenvalue weighted by Crippen LogP contribution is -2.48. The predicted octanol–water partition coefficient (Wildman–Crippen LogP) is 2.07. The Labute approximate surface area is 118 Å². The molecule has 3 N–H and O–H groups in total. The first-order valence-corrected chi connectivity index (χ1v) is 7.52. The van der Waals surface area contributed by atoms with Crippen LogP contribution in [0.2, 0.25) is 0 Å². The van der Waals surface area contributed by atoms with E-state index < -0.39 is 5.60 Å². The zero-order valence-electron chi connectivity index (χ0n) is 13.3. The van der Waals surface area contributed by atoms with Gasteiger partial charge in [-0.05, 0) is 32.6 Å². The number of unbranched alkanes of at least 4 members (excludes halogenated alkanes) is 2. The summed E-state index contributed by atoms with van der Waals surface area (Å²) in [6.07, 6.45) is 4.05. The molecule has 0 aromatic heterocycles. The van der Waals surface area contributed by atoms with Gasteiger partial charge in [0.2, 0.25) is 5.91 Å². The molecule has 2 unspecified atom stereocenters. The summed E-state index contributed by atoms with van der Waals surface area (Å²) in [4.78, 5) is 11.8. The Morgan fingerprint density at radius 1 is 1.26 bits per heavy atom. The van der Waals surface area contributed by atoms with Crippen LogP contribution in [0.1, 0.15) is 60.3 Å². The van der Waals surface area contributed by atoms with Crippen LogP contribution in [0.3, 0.4) is 0 Å². The van der Waals surface area contributed by atoms with Gasteiger partial charge in [0.05, 0.1) is 11.6 Å². The molecule has 0 bridgehead atoms. The number of hydrogen-bond donors (Lipinski definition) is 3. The van der Waals surface area contributed by atoms with Crippen LogP contribution in [0.5, 0.6) is 0 Å². The second-order valence-corrected chi connectivity index (χ2v) is 6.20. The molecule has 0 aliphatic carbocycles. The fourth-order valence-electron chi connectivity index (χ4n) is 2.16.